The van der Waals surface area contributed by atoms with Gasteiger partial charge in [-0.05, 0) is 38.1 Å². The molecule has 0 saturated carbocycles. The van der Waals surface area contributed by atoms with Crippen LogP contribution in [0.5, 0.6) is 0 Å². The Morgan fingerprint density at radius 2 is 1.95 bits per heavy atom. The zero-order valence-electron chi connectivity index (χ0n) is 11.8. The average molecular weight is 273 g/mol. The Kier molecular flexibility index (Phi) is 4.59. The Balaban J connectivity index is 2.01. The van der Waals surface area contributed by atoms with Crippen molar-refractivity contribution in [3.05, 3.63) is 24.3 Å². The molecule has 0 aromatic heterocycles. The van der Waals surface area contributed by atoms with E-state index in [4.69, 9.17) is 10.00 Å². The van der Waals surface area contributed by atoms with Crippen molar-refractivity contribution in [2.75, 3.05) is 23.3 Å². The maximum absolute atomic E-state index is 11.3. The Morgan fingerprint density at radius 3 is 2.50 bits per heavy atom. The summed E-state index contributed by atoms with van der Waals surface area (Å²) in [6.07, 6.45) is 0.308. The Morgan fingerprint density at radius 1 is 1.35 bits per heavy atom. The van der Waals surface area contributed by atoms with Gasteiger partial charge in [0, 0.05) is 24.5 Å². The maximum atomic E-state index is 11.3. The van der Waals surface area contributed by atoms with Crippen molar-refractivity contribution in [1.29, 1.82) is 5.26 Å². The molecule has 0 unspecified atom stereocenters. The number of nitrogens with one attached hydrogen (secondary N) is 1. The zero-order valence-corrected chi connectivity index (χ0v) is 11.8. The van der Waals surface area contributed by atoms with E-state index < -0.39 is 0 Å². The fraction of sp³-hybridized carbons (Fsp3) is 0.467. The molecule has 1 aromatic rings. The molecule has 1 aliphatic rings. The number of amides is 1. The van der Waals surface area contributed by atoms with E-state index in [9.17, 15) is 4.79 Å². The largest absolute Gasteiger partial charge is 0.372 e. The zero-order chi connectivity index (χ0) is 14.5. The van der Waals surface area contributed by atoms with Crippen molar-refractivity contribution in [2.24, 2.45) is 0 Å². The highest BCUT2D eigenvalue weighted by Gasteiger charge is 2.22. The van der Waals surface area contributed by atoms with Gasteiger partial charge < -0.3 is 15.0 Å². The molecule has 1 N–H and O–H groups in total. The quantitative estimate of drug-likeness (QED) is 0.916. The summed E-state index contributed by atoms with van der Waals surface area (Å²) in [4.78, 5) is 13.6. The van der Waals surface area contributed by atoms with Gasteiger partial charge in [-0.1, -0.05) is 0 Å². The lowest BCUT2D eigenvalue weighted by Crippen LogP contribution is -2.45. The topological polar surface area (TPSA) is 65.4 Å². The van der Waals surface area contributed by atoms with Gasteiger partial charge in [0.2, 0.25) is 5.91 Å². The fourth-order valence-corrected chi connectivity index (χ4v) is 2.42. The van der Waals surface area contributed by atoms with Crippen molar-refractivity contribution >= 4 is 17.3 Å². The minimum absolute atomic E-state index is 0.125. The van der Waals surface area contributed by atoms with E-state index in [1.807, 2.05) is 30.3 Å². The number of rotatable bonds is 3. The number of ether oxygens (including phenoxy) is 1. The van der Waals surface area contributed by atoms with E-state index in [0.29, 0.717) is 5.69 Å². The van der Waals surface area contributed by atoms with Crippen LogP contribution in [0, 0.1) is 11.3 Å². The first-order valence-electron chi connectivity index (χ1n) is 6.75. The number of nitrogens with zero attached hydrogens (tertiary/aromatic N) is 2. The van der Waals surface area contributed by atoms with E-state index in [1.54, 1.807) is 0 Å². The lowest BCUT2D eigenvalue weighted by Gasteiger charge is -2.36. The monoisotopic (exact) mass is 273 g/mol. The van der Waals surface area contributed by atoms with Gasteiger partial charge in [-0.2, -0.15) is 5.26 Å². The van der Waals surface area contributed by atoms with E-state index in [0.717, 1.165) is 18.8 Å². The predicted octanol–water partition coefficient (Wildman–Crippen LogP) is 2.15. The van der Waals surface area contributed by atoms with Gasteiger partial charge >= 0.3 is 0 Å². The van der Waals surface area contributed by atoms with Crippen LogP contribution in [0.4, 0.5) is 11.4 Å². The van der Waals surface area contributed by atoms with Crippen molar-refractivity contribution in [3.63, 3.8) is 0 Å². The minimum atomic E-state index is -0.283. The van der Waals surface area contributed by atoms with Gasteiger partial charge in [0.15, 0.2) is 0 Å². The summed E-state index contributed by atoms with van der Waals surface area (Å²) in [5.74, 6) is -0.283. The smallest absolute Gasteiger partial charge is 0.238 e. The first-order chi connectivity index (χ1) is 9.58. The summed E-state index contributed by atoms with van der Waals surface area (Å²) >= 11 is 0. The summed E-state index contributed by atoms with van der Waals surface area (Å²) in [7, 11) is 0. The highest BCUT2D eigenvalue weighted by atomic mass is 16.5. The van der Waals surface area contributed by atoms with Crippen LogP contribution in [0.1, 0.15) is 20.3 Å². The molecule has 1 saturated heterocycles. The number of hydrogen-bond donors (Lipinski definition) is 1. The molecule has 106 valence electrons. The van der Waals surface area contributed by atoms with Crippen LogP contribution in [-0.2, 0) is 9.53 Å². The van der Waals surface area contributed by atoms with Crippen molar-refractivity contribution in [3.8, 4) is 6.07 Å². The first kappa shape index (κ1) is 14.4. The lowest BCUT2D eigenvalue weighted by molar-refractivity contribution is -0.115. The summed E-state index contributed by atoms with van der Waals surface area (Å²) < 4.78 is 5.71. The molecule has 0 spiro atoms. The molecular formula is C15H19N3O2. The van der Waals surface area contributed by atoms with Crippen molar-refractivity contribution < 1.29 is 9.53 Å². The molecule has 0 radical (unpaired) electrons. The van der Waals surface area contributed by atoms with Crippen LogP contribution in [0.3, 0.4) is 0 Å². The van der Waals surface area contributed by atoms with Crippen LogP contribution in [0.2, 0.25) is 0 Å². The van der Waals surface area contributed by atoms with Gasteiger partial charge in [-0.3, -0.25) is 4.79 Å². The molecule has 0 bridgehead atoms. The highest BCUT2D eigenvalue weighted by molar-refractivity contribution is 5.92. The Bertz CT molecular complexity index is 497. The van der Waals surface area contributed by atoms with Gasteiger partial charge in [-0.25, -0.2) is 0 Å². The Hall–Kier alpha value is -2.06. The molecule has 1 amide bonds. The van der Waals surface area contributed by atoms with Crippen molar-refractivity contribution in [1.82, 2.24) is 0 Å². The summed E-state index contributed by atoms with van der Waals surface area (Å²) in [5.41, 5.74) is 1.83. The molecule has 20 heavy (non-hydrogen) atoms. The molecule has 5 nitrogen and oxygen atoms in total. The summed E-state index contributed by atoms with van der Waals surface area (Å²) in [6, 6.07) is 9.50. The third-order valence-corrected chi connectivity index (χ3v) is 3.18. The van der Waals surface area contributed by atoms with Crippen LogP contribution >= 0.6 is 0 Å². The van der Waals surface area contributed by atoms with E-state index in [1.165, 1.54) is 0 Å². The molecule has 1 aliphatic heterocycles. The van der Waals surface area contributed by atoms with Gasteiger partial charge in [0.1, 0.15) is 6.42 Å². The first-order valence-corrected chi connectivity index (χ1v) is 6.75. The second-order valence-electron chi connectivity index (χ2n) is 5.09. The van der Waals surface area contributed by atoms with Gasteiger partial charge in [0.05, 0.1) is 18.3 Å². The molecular weight excluding hydrogens is 254 g/mol. The Labute approximate surface area is 119 Å². The predicted molar refractivity (Wildman–Crippen MR) is 77.5 cm³/mol. The summed E-state index contributed by atoms with van der Waals surface area (Å²) in [6.45, 7) is 5.87. The number of morpholine rings is 1. The molecule has 5 heteroatoms. The normalized spacial score (nSPS) is 22.1. The third kappa shape index (κ3) is 3.72. The molecule has 1 aromatic carbocycles. The number of carbonyl (C=O) groups is 1. The van der Waals surface area contributed by atoms with Crippen LogP contribution in [0.25, 0.3) is 0 Å². The minimum Gasteiger partial charge on any atom is -0.372 e. The highest BCUT2D eigenvalue weighted by Crippen LogP contribution is 2.22. The van der Waals surface area contributed by atoms with E-state index in [2.05, 4.69) is 24.1 Å². The second-order valence-corrected chi connectivity index (χ2v) is 5.09. The van der Waals surface area contributed by atoms with E-state index in [-0.39, 0.29) is 24.5 Å². The SMILES string of the molecule is C[C@H]1CN(c2ccc(NC(=O)CC#N)cc2)C[C@H](C)O1. The third-order valence-electron chi connectivity index (χ3n) is 3.18. The molecule has 0 aliphatic carbocycles. The lowest BCUT2D eigenvalue weighted by atomic mass is 10.2. The number of carbonyl (C=O) groups excluding carboxylic acids is 1. The van der Waals surface area contributed by atoms with Crippen LogP contribution in [-0.4, -0.2) is 31.2 Å². The molecule has 1 fully saturated rings. The number of hydrogen-bond acceptors (Lipinski definition) is 4. The number of benzene rings is 1. The summed E-state index contributed by atoms with van der Waals surface area (Å²) in [5, 5.41) is 11.1. The van der Waals surface area contributed by atoms with Gasteiger partial charge in [-0.15, -0.1) is 0 Å². The standard InChI is InChI=1S/C15H19N3O2/c1-11-9-18(10-12(2)20-11)14-5-3-13(4-6-14)17-15(19)7-8-16/h3-6,11-12H,7,9-10H2,1-2H3,(H,17,19)/t11-,12-/m0/s1. The van der Waals surface area contributed by atoms with Gasteiger partial charge in [0.25, 0.3) is 0 Å². The fourth-order valence-electron chi connectivity index (χ4n) is 2.42. The number of nitriles is 1. The molecule has 1 heterocycles. The van der Waals surface area contributed by atoms with E-state index >= 15 is 0 Å². The maximum Gasteiger partial charge on any atom is 0.238 e. The van der Waals surface area contributed by atoms with Crippen LogP contribution in [0.15, 0.2) is 24.3 Å². The average Bonchev–Trinajstić information content (AvgIpc) is 2.38. The second kappa shape index (κ2) is 6.40. The number of anilines is 2. The van der Waals surface area contributed by atoms with Crippen LogP contribution < -0.4 is 10.2 Å². The van der Waals surface area contributed by atoms with Crippen molar-refractivity contribution in [2.45, 2.75) is 32.5 Å². The molecule has 2 rings (SSSR count). The molecule has 2 atom stereocenters.